The summed E-state index contributed by atoms with van der Waals surface area (Å²) in [6, 6.07) is 8.72. The minimum atomic E-state index is -0.731. The van der Waals surface area contributed by atoms with Crippen LogP contribution in [0.15, 0.2) is 54.6 Å². The normalized spacial score (nSPS) is 13.6. The van der Waals surface area contributed by atoms with E-state index in [0.717, 1.165) is 19.3 Å². The minimum absolute atomic E-state index is 0.104. The second-order valence-corrected chi connectivity index (χ2v) is 12.8. The number of rotatable bonds is 20. The zero-order chi connectivity index (χ0) is 35.1. The molecule has 0 aromatic heterocycles. The minimum Gasteiger partial charge on any atom is -0.489 e. The zero-order valence-electron chi connectivity index (χ0n) is 29.1. The van der Waals surface area contributed by atoms with Crippen molar-refractivity contribution >= 4 is 18.1 Å². The van der Waals surface area contributed by atoms with E-state index < -0.39 is 23.5 Å². The number of ether oxygens (including phenoxy) is 5. The summed E-state index contributed by atoms with van der Waals surface area (Å²) in [5.41, 5.74) is 2.44. The van der Waals surface area contributed by atoms with Gasteiger partial charge >= 0.3 is 18.1 Å². The summed E-state index contributed by atoms with van der Waals surface area (Å²) in [5, 5.41) is 0. The SMILES string of the molecule is C=C(C)C(=O)OCCCc1cc(-c2ccc(CCCCCCCCC)c(F)c2)cc(OC(=O)C(=C)C)c1OCC1(CC)COC(=O)OC1. The second-order valence-electron chi connectivity index (χ2n) is 12.8. The highest BCUT2D eigenvalue weighted by atomic mass is 19.1. The van der Waals surface area contributed by atoms with E-state index in [1.807, 2.05) is 25.1 Å². The van der Waals surface area contributed by atoms with Gasteiger partial charge in [0.1, 0.15) is 25.6 Å². The summed E-state index contributed by atoms with van der Waals surface area (Å²) >= 11 is 0. The van der Waals surface area contributed by atoms with Crippen LogP contribution in [0.3, 0.4) is 0 Å². The molecule has 1 fully saturated rings. The third-order valence-corrected chi connectivity index (χ3v) is 8.56. The third-order valence-electron chi connectivity index (χ3n) is 8.56. The standard InChI is InChI=1S/C39H51FO8/c1-7-9-10-11-12-13-14-16-29-18-19-30(22-33(29)40)32-21-31(17-15-20-44-36(41)27(3)4)35(34(23-32)48-37(42)28(5)6)45-24-39(8-2)25-46-38(43)47-26-39/h18-19,21-23H,3,5,7-17,20,24-26H2,1-2,4,6H3. The molecule has 0 N–H and O–H groups in total. The molecule has 0 radical (unpaired) electrons. The van der Waals surface area contributed by atoms with Crippen molar-refractivity contribution in [1.29, 1.82) is 0 Å². The van der Waals surface area contributed by atoms with Gasteiger partial charge in [-0.2, -0.15) is 0 Å². The van der Waals surface area contributed by atoms with Crippen LogP contribution >= 0.6 is 0 Å². The molecule has 8 nitrogen and oxygen atoms in total. The van der Waals surface area contributed by atoms with E-state index in [1.165, 1.54) is 31.7 Å². The molecule has 48 heavy (non-hydrogen) atoms. The fraction of sp³-hybridized carbons (Fsp3) is 0.513. The molecule has 0 spiro atoms. The number of hydrogen-bond donors (Lipinski definition) is 0. The van der Waals surface area contributed by atoms with Gasteiger partial charge < -0.3 is 23.7 Å². The maximum Gasteiger partial charge on any atom is 0.508 e. The van der Waals surface area contributed by atoms with Crippen LogP contribution in [0.25, 0.3) is 11.1 Å². The Morgan fingerprint density at radius 2 is 1.48 bits per heavy atom. The topological polar surface area (TPSA) is 97.4 Å². The zero-order valence-corrected chi connectivity index (χ0v) is 29.1. The molecule has 0 unspecified atom stereocenters. The van der Waals surface area contributed by atoms with Gasteiger partial charge in [-0.25, -0.2) is 18.8 Å². The summed E-state index contributed by atoms with van der Waals surface area (Å²) in [7, 11) is 0. The van der Waals surface area contributed by atoms with Crippen molar-refractivity contribution in [3.8, 4) is 22.6 Å². The fourth-order valence-corrected chi connectivity index (χ4v) is 5.31. The van der Waals surface area contributed by atoms with E-state index in [4.69, 9.17) is 23.7 Å². The molecule has 1 aliphatic heterocycles. The van der Waals surface area contributed by atoms with Crippen molar-refractivity contribution in [2.75, 3.05) is 26.4 Å². The van der Waals surface area contributed by atoms with E-state index in [9.17, 15) is 14.4 Å². The smallest absolute Gasteiger partial charge is 0.489 e. The van der Waals surface area contributed by atoms with Crippen molar-refractivity contribution in [2.24, 2.45) is 5.41 Å². The molecule has 1 aliphatic rings. The summed E-state index contributed by atoms with van der Waals surface area (Å²) in [5.74, 6) is -0.971. The molecule has 262 valence electrons. The van der Waals surface area contributed by atoms with Gasteiger partial charge in [0.25, 0.3) is 0 Å². The van der Waals surface area contributed by atoms with E-state index >= 15 is 4.39 Å². The van der Waals surface area contributed by atoms with Gasteiger partial charge in [-0.05, 0) is 86.4 Å². The molecule has 0 bridgehead atoms. The van der Waals surface area contributed by atoms with Gasteiger partial charge in [0.05, 0.1) is 12.0 Å². The summed E-state index contributed by atoms with van der Waals surface area (Å²) in [6.07, 6.45) is 9.43. The van der Waals surface area contributed by atoms with Crippen LogP contribution < -0.4 is 9.47 Å². The second kappa shape index (κ2) is 19.0. The quantitative estimate of drug-likeness (QED) is 0.0597. The first kappa shape index (κ1) is 38.3. The summed E-state index contributed by atoms with van der Waals surface area (Å²) in [4.78, 5) is 36.3. The number of hydrogen-bond acceptors (Lipinski definition) is 8. The summed E-state index contributed by atoms with van der Waals surface area (Å²) in [6.45, 7) is 15.0. The van der Waals surface area contributed by atoms with Crippen molar-refractivity contribution in [2.45, 2.75) is 98.3 Å². The molecule has 2 aromatic rings. The van der Waals surface area contributed by atoms with Gasteiger partial charge in [0.15, 0.2) is 11.5 Å². The van der Waals surface area contributed by atoms with E-state index in [2.05, 4.69) is 20.1 Å². The molecule has 0 saturated carbocycles. The Hall–Kier alpha value is -4.14. The summed E-state index contributed by atoms with van der Waals surface area (Å²) < 4.78 is 43.2. The predicted octanol–water partition coefficient (Wildman–Crippen LogP) is 9.26. The molecule has 0 amide bonds. The van der Waals surface area contributed by atoms with E-state index in [0.29, 0.717) is 59.3 Å². The van der Waals surface area contributed by atoms with Crippen LogP contribution in [-0.2, 0) is 36.6 Å². The average molecular weight is 667 g/mol. The van der Waals surface area contributed by atoms with Crippen LogP contribution in [0.2, 0.25) is 0 Å². The highest BCUT2D eigenvalue weighted by molar-refractivity contribution is 5.89. The molecule has 1 heterocycles. The van der Waals surface area contributed by atoms with E-state index in [-0.39, 0.29) is 43.6 Å². The average Bonchev–Trinajstić information content (AvgIpc) is 3.06. The van der Waals surface area contributed by atoms with Crippen molar-refractivity contribution in [1.82, 2.24) is 0 Å². The highest BCUT2D eigenvalue weighted by Crippen LogP contribution is 2.40. The highest BCUT2D eigenvalue weighted by Gasteiger charge is 2.38. The van der Waals surface area contributed by atoms with Crippen LogP contribution in [-0.4, -0.2) is 44.5 Å². The molecular formula is C39H51FO8. The molecular weight excluding hydrogens is 615 g/mol. The number of halogens is 1. The number of aryl methyl sites for hydroxylation is 2. The van der Waals surface area contributed by atoms with Gasteiger partial charge in [-0.3, -0.25) is 0 Å². The fourth-order valence-electron chi connectivity index (χ4n) is 5.31. The maximum atomic E-state index is 15.4. The lowest BCUT2D eigenvalue weighted by Gasteiger charge is -2.34. The van der Waals surface area contributed by atoms with E-state index in [1.54, 1.807) is 19.9 Å². The predicted molar refractivity (Wildman–Crippen MR) is 184 cm³/mol. The lowest BCUT2D eigenvalue weighted by atomic mass is 9.87. The first-order valence-corrected chi connectivity index (χ1v) is 17.1. The Labute approximate surface area is 284 Å². The van der Waals surface area contributed by atoms with Crippen molar-refractivity contribution < 1.29 is 42.5 Å². The maximum absolute atomic E-state index is 15.4. The number of benzene rings is 2. The molecule has 0 aliphatic carbocycles. The monoisotopic (exact) mass is 666 g/mol. The molecule has 3 rings (SSSR count). The molecule has 1 saturated heterocycles. The molecule has 9 heteroatoms. The van der Waals surface area contributed by atoms with Crippen LogP contribution in [0, 0.1) is 11.2 Å². The number of carbonyl (C=O) groups is 3. The Bertz CT molecular complexity index is 1440. The van der Waals surface area contributed by atoms with Gasteiger partial charge in [-0.15, -0.1) is 0 Å². The number of carbonyl (C=O) groups excluding carboxylic acids is 3. The van der Waals surface area contributed by atoms with Crippen LogP contribution in [0.4, 0.5) is 9.18 Å². The Morgan fingerprint density at radius 1 is 0.833 bits per heavy atom. The van der Waals surface area contributed by atoms with Gasteiger partial charge in [0.2, 0.25) is 0 Å². The van der Waals surface area contributed by atoms with Gasteiger partial charge in [-0.1, -0.05) is 77.7 Å². The van der Waals surface area contributed by atoms with Gasteiger partial charge in [0, 0.05) is 11.1 Å². The van der Waals surface area contributed by atoms with Crippen LogP contribution in [0.1, 0.15) is 96.6 Å². The Balaban J connectivity index is 1.93. The first-order valence-electron chi connectivity index (χ1n) is 17.1. The number of esters is 2. The Morgan fingerprint density at radius 3 is 2.10 bits per heavy atom. The molecule has 0 atom stereocenters. The third kappa shape index (κ3) is 11.5. The lowest BCUT2D eigenvalue weighted by molar-refractivity contribution is -0.139. The number of cyclic esters (lactones) is 2. The first-order chi connectivity index (χ1) is 23.0. The van der Waals surface area contributed by atoms with Crippen LogP contribution in [0.5, 0.6) is 11.5 Å². The largest absolute Gasteiger partial charge is 0.508 e. The molecule has 2 aromatic carbocycles. The lowest BCUT2D eigenvalue weighted by Crippen LogP contribution is -2.43. The van der Waals surface area contributed by atoms with Crippen molar-refractivity contribution in [3.05, 3.63) is 71.6 Å². The Kier molecular flexibility index (Phi) is 15.2. The number of unbranched alkanes of at least 4 members (excludes halogenated alkanes) is 6. The van der Waals surface area contributed by atoms with Crippen molar-refractivity contribution in [3.63, 3.8) is 0 Å².